The number of unbranched alkanes of at least 4 members (excludes halogenated alkanes) is 1. The smallest absolute Gasteiger partial charge is 0.315 e. The third-order valence-electron chi connectivity index (χ3n) is 2.95. The first kappa shape index (κ1) is 15.6. The van der Waals surface area contributed by atoms with Crippen LogP contribution in [0.25, 0.3) is 0 Å². The van der Waals surface area contributed by atoms with Gasteiger partial charge in [0.15, 0.2) is 5.13 Å². The van der Waals surface area contributed by atoms with Crippen molar-refractivity contribution in [1.82, 2.24) is 10.3 Å². The molecule has 1 aromatic rings. The van der Waals surface area contributed by atoms with Crippen LogP contribution in [-0.4, -0.2) is 23.3 Å². The standard InChI is InChI=1S/C13H21N3O2S/c1-3-5-6-10(4-2)9-15-11(17)12(18)16-13-14-7-8-19-13/h7-8,10H,3-6,9H2,1-2H3,(H,15,17)(H,14,16,18)/t10-/m1/s1. The van der Waals surface area contributed by atoms with Gasteiger partial charge in [-0.2, -0.15) is 0 Å². The van der Waals surface area contributed by atoms with Crippen LogP contribution in [0, 0.1) is 5.92 Å². The van der Waals surface area contributed by atoms with Crippen molar-refractivity contribution >= 4 is 28.3 Å². The fraction of sp³-hybridized carbons (Fsp3) is 0.615. The van der Waals surface area contributed by atoms with Gasteiger partial charge in [0.25, 0.3) is 0 Å². The Bertz CT molecular complexity index is 393. The molecule has 2 amide bonds. The first-order chi connectivity index (χ1) is 9.17. The monoisotopic (exact) mass is 283 g/mol. The first-order valence-electron chi connectivity index (χ1n) is 6.66. The third-order valence-corrected chi connectivity index (χ3v) is 3.64. The van der Waals surface area contributed by atoms with Crippen molar-refractivity contribution in [2.24, 2.45) is 5.92 Å². The maximum absolute atomic E-state index is 11.6. The molecule has 0 spiro atoms. The van der Waals surface area contributed by atoms with E-state index in [-0.39, 0.29) is 0 Å². The Balaban J connectivity index is 2.31. The fourth-order valence-corrected chi connectivity index (χ4v) is 2.22. The van der Waals surface area contributed by atoms with Crippen LogP contribution in [0.1, 0.15) is 39.5 Å². The Morgan fingerprint density at radius 3 is 2.74 bits per heavy atom. The Morgan fingerprint density at radius 2 is 2.16 bits per heavy atom. The summed E-state index contributed by atoms with van der Waals surface area (Å²) in [6, 6.07) is 0. The highest BCUT2D eigenvalue weighted by Gasteiger charge is 2.16. The van der Waals surface area contributed by atoms with Gasteiger partial charge < -0.3 is 5.32 Å². The van der Waals surface area contributed by atoms with E-state index in [1.165, 1.54) is 11.3 Å². The number of thiazole rings is 1. The minimum absolute atomic E-state index is 0.441. The Morgan fingerprint density at radius 1 is 1.37 bits per heavy atom. The Labute approximate surface area is 117 Å². The predicted molar refractivity (Wildman–Crippen MR) is 77.1 cm³/mol. The van der Waals surface area contributed by atoms with Crippen LogP contribution < -0.4 is 10.6 Å². The topological polar surface area (TPSA) is 71.1 Å². The molecule has 5 nitrogen and oxygen atoms in total. The van der Waals surface area contributed by atoms with Gasteiger partial charge in [-0.15, -0.1) is 11.3 Å². The number of nitrogens with one attached hydrogen (secondary N) is 2. The van der Waals surface area contributed by atoms with E-state index in [2.05, 4.69) is 29.5 Å². The van der Waals surface area contributed by atoms with Gasteiger partial charge >= 0.3 is 11.8 Å². The molecule has 1 heterocycles. The quantitative estimate of drug-likeness (QED) is 0.755. The molecule has 0 aliphatic carbocycles. The molecular formula is C13H21N3O2S. The van der Waals surface area contributed by atoms with Gasteiger partial charge in [-0.05, 0) is 12.3 Å². The molecule has 0 unspecified atom stereocenters. The van der Waals surface area contributed by atoms with Crippen LogP contribution in [0.4, 0.5) is 5.13 Å². The predicted octanol–water partition coefficient (Wildman–Crippen LogP) is 2.41. The minimum atomic E-state index is -0.653. The van der Waals surface area contributed by atoms with Crippen molar-refractivity contribution in [1.29, 1.82) is 0 Å². The molecule has 0 fully saturated rings. The van der Waals surface area contributed by atoms with Gasteiger partial charge in [-0.25, -0.2) is 4.98 Å². The minimum Gasteiger partial charge on any atom is -0.348 e. The van der Waals surface area contributed by atoms with Gasteiger partial charge in [0.1, 0.15) is 0 Å². The number of amides is 2. The van der Waals surface area contributed by atoms with E-state index in [1.54, 1.807) is 11.6 Å². The van der Waals surface area contributed by atoms with Gasteiger partial charge in [0, 0.05) is 18.1 Å². The molecule has 6 heteroatoms. The number of carbonyl (C=O) groups is 2. The van der Waals surface area contributed by atoms with E-state index < -0.39 is 11.8 Å². The summed E-state index contributed by atoms with van der Waals surface area (Å²) in [7, 11) is 0. The van der Waals surface area contributed by atoms with Crippen molar-refractivity contribution in [2.75, 3.05) is 11.9 Å². The summed E-state index contributed by atoms with van der Waals surface area (Å²) >= 11 is 1.29. The van der Waals surface area contributed by atoms with Crippen LogP contribution in [0.5, 0.6) is 0 Å². The van der Waals surface area contributed by atoms with Crippen molar-refractivity contribution < 1.29 is 9.59 Å². The molecule has 19 heavy (non-hydrogen) atoms. The third kappa shape index (κ3) is 5.83. The van der Waals surface area contributed by atoms with Crippen LogP contribution in [-0.2, 0) is 9.59 Å². The lowest BCUT2D eigenvalue weighted by atomic mass is 9.99. The molecule has 0 saturated heterocycles. The van der Waals surface area contributed by atoms with Crippen LogP contribution in [0.2, 0.25) is 0 Å². The lowest BCUT2D eigenvalue weighted by molar-refractivity contribution is -0.136. The summed E-state index contributed by atoms with van der Waals surface area (Å²) in [5.41, 5.74) is 0. The van der Waals surface area contributed by atoms with Gasteiger partial charge in [0.2, 0.25) is 0 Å². The lowest BCUT2D eigenvalue weighted by Gasteiger charge is -2.14. The second-order valence-corrected chi connectivity index (χ2v) is 5.31. The molecule has 0 saturated carbocycles. The number of hydrogen-bond donors (Lipinski definition) is 2. The number of nitrogens with zero attached hydrogens (tertiary/aromatic N) is 1. The number of rotatable bonds is 7. The highest BCUT2D eigenvalue weighted by atomic mass is 32.1. The summed E-state index contributed by atoms with van der Waals surface area (Å²) in [6.45, 7) is 4.80. The van der Waals surface area contributed by atoms with E-state index in [0.29, 0.717) is 17.6 Å². The van der Waals surface area contributed by atoms with E-state index >= 15 is 0 Å². The lowest BCUT2D eigenvalue weighted by Crippen LogP contribution is -2.38. The molecular weight excluding hydrogens is 262 g/mol. The molecule has 0 aliphatic heterocycles. The fourth-order valence-electron chi connectivity index (χ4n) is 1.70. The SMILES string of the molecule is CCCC[C@@H](CC)CNC(=O)C(=O)Nc1nccs1. The normalized spacial score (nSPS) is 11.9. The molecule has 0 bridgehead atoms. The molecule has 0 aromatic carbocycles. The van der Waals surface area contributed by atoms with Crippen molar-refractivity contribution in [2.45, 2.75) is 39.5 Å². The maximum atomic E-state index is 11.6. The summed E-state index contributed by atoms with van der Waals surface area (Å²) in [5.74, 6) is -0.804. The molecule has 1 aromatic heterocycles. The molecule has 106 valence electrons. The summed E-state index contributed by atoms with van der Waals surface area (Å²) < 4.78 is 0. The van der Waals surface area contributed by atoms with E-state index in [0.717, 1.165) is 25.7 Å². The second-order valence-electron chi connectivity index (χ2n) is 4.42. The van der Waals surface area contributed by atoms with Crippen LogP contribution in [0.3, 0.4) is 0 Å². The number of hydrogen-bond acceptors (Lipinski definition) is 4. The second kappa shape index (κ2) is 8.63. The molecule has 1 rings (SSSR count). The van der Waals surface area contributed by atoms with Crippen LogP contribution in [0.15, 0.2) is 11.6 Å². The molecule has 0 aliphatic rings. The molecule has 2 N–H and O–H groups in total. The largest absolute Gasteiger partial charge is 0.348 e. The highest BCUT2D eigenvalue weighted by Crippen LogP contribution is 2.12. The van der Waals surface area contributed by atoms with E-state index in [9.17, 15) is 9.59 Å². The Kier molecular flexibility index (Phi) is 7.10. The van der Waals surface area contributed by atoms with Crippen molar-refractivity contribution in [3.63, 3.8) is 0 Å². The van der Waals surface area contributed by atoms with E-state index in [4.69, 9.17) is 0 Å². The van der Waals surface area contributed by atoms with Gasteiger partial charge in [-0.1, -0.05) is 33.1 Å². The number of carbonyl (C=O) groups excluding carboxylic acids is 2. The van der Waals surface area contributed by atoms with Gasteiger partial charge in [0.05, 0.1) is 0 Å². The highest BCUT2D eigenvalue weighted by molar-refractivity contribution is 7.13. The zero-order valence-electron chi connectivity index (χ0n) is 11.4. The number of anilines is 1. The van der Waals surface area contributed by atoms with Gasteiger partial charge in [-0.3, -0.25) is 14.9 Å². The summed E-state index contributed by atoms with van der Waals surface area (Å²) in [5, 5.41) is 7.33. The summed E-state index contributed by atoms with van der Waals surface area (Å²) in [6.07, 6.45) is 5.97. The van der Waals surface area contributed by atoms with Crippen LogP contribution >= 0.6 is 11.3 Å². The zero-order valence-corrected chi connectivity index (χ0v) is 12.3. The maximum Gasteiger partial charge on any atom is 0.315 e. The number of aromatic nitrogens is 1. The van der Waals surface area contributed by atoms with E-state index in [1.807, 2.05) is 0 Å². The first-order valence-corrected chi connectivity index (χ1v) is 7.54. The average Bonchev–Trinajstić information content (AvgIpc) is 2.91. The summed E-state index contributed by atoms with van der Waals surface area (Å²) in [4.78, 5) is 27.1. The van der Waals surface area contributed by atoms with Crippen molar-refractivity contribution in [3.8, 4) is 0 Å². The molecule has 0 radical (unpaired) electrons. The van der Waals surface area contributed by atoms with Crippen molar-refractivity contribution in [3.05, 3.63) is 11.6 Å². The average molecular weight is 283 g/mol. The Hall–Kier alpha value is -1.43. The molecule has 1 atom stereocenters. The zero-order chi connectivity index (χ0) is 14.1.